The third-order valence-corrected chi connectivity index (χ3v) is 6.36. The molecule has 0 saturated heterocycles. The van der Waals surface area contributed by atoms with Crippen LogP contribution in [0.4, 0.5) is 0 Å². The van der Waals surface area contributed by atoms with Crippen LogP contribution in [-0.4, -0.2) is 52.8 Å². The average Bonchev–Trinajstić information content (AvgIpc) is 2.93. The maximum atomic E-state index is 12.5. The van der Waals surface area contributed by atoms with Gasteiger partial charge in [-0.25, -0.2) is 4.79 Å². The second kappa shape index (κ2) is 11.0. The van der Waals surface area contributed by atoms with Crippen LogP contribution in [0, 0.1) is 5.92 Å². The Labute approximate surface area is 204 Å². The number of benzene rings is 1. The van der Waals surface area contributed by atoms with Gasteiger partial charge >= 0.3 is 5.97 Å². The number of carboxylic acid groups (broad SMARTS) is 1. The van der Waals surface area contributed by atoms with E-state index in [0.29, 0.717) is 66.9 Å². The molecule has 3 rings (SSSR count). The first-order chi connectivity index (χ1) is 16.2. The molecule has 0 fully saturated rings. The van der Waals surface area contributed by atoms with Gasteiger partial charge < -0.3 is 24.0 Å². The summed E-state index contributed by atoms with van der Waals surface area (Å²) in [6, 6.07) is 4.49. The largest absolute Gasteiger partial charge is 0.492 e. The van der Waals surface area contributed by atoms with Crippen LogP contribution in [0.2, 0.25) is 5.02 Å². The van der Waals surface area contributed by atoms with Gasteiger partial charge in [-0.2, -0.15) is 0 Å². The van der Waals surface area contributed by atoms with Gasteiger partial charge in [-0.3, -0.25) is 9.59 Å². The van der Waals surface area contributed by atoms with Gasteiger partial charge in [0.25, 0.3) is 0 Å². The zero-order valence-corrected chi connectivity index (χ0v) is 20.7. The summed E-state index contributed by atoms with van der Waals surface area (Å²) in [5.41, 5.74) is 0.261. The molecule has 1 aliphatic heterocycles. The number of fused-ring (bicyclic) bond motifs is 3. The third-order valence-electron chi connectivity index (χ3n) is 6.07. The Bertz CT molecular complexity index is 1120. The number of halogens is 1. The highest BCUT2D eigenvalue weighted by atomic mass is 35.5. The van der Waals surface area contributed by atoms with Gasteiger partial charge in [0.2, 0.25) is 5.91 Å². The number of carbonyl (C=O) groups is 2. The van der Waals surface area contributed by atoms with Gasteiger partial charge in [0.1, 0.15) is 23.7 Å². The van der Waals surface area contributed by atoms with E-state index in [1.807, 2.05) is 27.7 Å². The first-order valence-electron chi connectivity index (χ1n) is 11.5. The van der Waals surface area contributed by atoms with E-state index >= 15 is 0 Å². The van der Waals surface area contributed by atoms with Crippen LogP contribution in [0.15, 0.2) is 29.2 Å². The first kappa shape index (κ1) is 25.6. The summed E-state index contributed by atoms with van der Waals surface area (Å²) in [5.74, 6) is -0.138. The predicted octanol–water partition coefficient (Wildman–Crippen LogP) is 4.48. The minimum absolute atomic E-state index is 0.0902. The highest BCUT2D eigenvalue weighted by Crippen LogP contribution is 2.42. The maximum Gasteiger partial charge on any atom is 0.341 e. The Hall–Kier alpha value is -3.00. The summed E-state index contributed by atoms with van der Waals surface area (Å²) in [6.07, 6.45) is 2.32. The molecule has 1 aromatic heterocycles. The molecule has 0 spiro atoms. The van der Waals surface area contributed by atoms with E-state index < -0.39 is 11.4 Å². The molecule has 184 valence electrons. The van der Waals surface area contributed by atoms with Crippen molar-refractivity contribution in [3.05, 3.63) is 45.2 Å². The normalized spacial score (nSPS) is 14.6. The summed E-state index contributed by atoms with van der Waals surface area (Å²) in [7, 11) is 0. The summed E-state index contributed by atoms with van der Waals surface area (Å²) in [5, 5.41) is 9.76. The zero-order valence-electron chi connectivity index (χ0n) is 20.0. The summed E-state index contributed by atoms with van der Waals surface area (Å²) >= 11 is 6.50. The van der Waals surface area contributed by atoms with E-state index in [1.54, 1.807) is 21.6 Å². The van der Waals surface area contributed by atoms with Gasteiger partial charge in [0, 0.05) is 43.4 Å². The van der Waals surface area contributed by atoms with Crippen LogP contribution >= 0.6 is 11.6 Å². The predicted molar refractivity (Wildman–Crippen MR) is 130 cm³/mol. The number of aromatic nitrogens is 1. The second-order valence-corrected chi connectivity index (χ2v) is 8.98. The third kappa shape index (κ3) is 5.38. The molecule has 9 heteroatoms. The number of carbonyl (C=O) groups excluding carboxylic acids is 1. The quantitative estimate of drug-likeness (QED) is 0.520. The van der Waals surface area contributed by atoms with Crippen LogP contribution in [0.5, 0.6) is 11.5 Å². The molecule has 1 aromatic carbocycles. The van der Waals surface area contributed by atoms with E-state index in [4.69, 9.17) is 21.1 Å². The molecule has 0 unspecified atom stereocenters. The Balaban J connectivity index is 1.88. The fourth-order valence-electron chi connectivity index (χ4n) is 4.07. The molecule has 2 heterocycles. The molecular weight excluding hydrogens is 460 g/mol. The summed E-state index contributed by atoms with van der Waals surface area (Å²) in [4.78, 5) is 38.0. The van der Waals surface area contributed by atoms with Crippen molar-refractivity contribution >= 4 is 23.5 Å². The van der Waals surface area contributed by atoms with Gasteiger partial charge in [-0.1, -0.05) is 25.4 Å². The fourth-order valence-corrected chi connectivity index (χ4v) is 4.29. The lowest BCUT2D eigenvalue weighted by Gasteiger charge is -2.24. The molecule has 0 bridgehead atoms. The molecule has 2 aromatic rings. The van der Waals surface area contributed by atoms with E-state index in [-0.39, 0.29) is 23.4 Å². The molecule has 0 radical (unpaired) electrons. The molecule has 1 aliphatic rings. The molecule has 0 aliphatic carbocycles. The molecule has 8 nitrogen and oxygen atoms in total. The van der Waals surface area contributed by atoms with Crippen molar-refractivity contribution < 1.29 is 24.2 Å². The number of pyridine rings is 1. The number of amides is 1. The van der Waals surface area contributed by atoms with Crippen molar-refractivity contribution in [2.75, 3.05) is 26.3 Å². The number of ether oxygens (including phenoxy) is 2. The van der Waals surface area contributed by atoms with Gasteiger partial charge in [0.05, 0.1) is 23.4 Å². The zero-order chi connectivity index (χ0) is 25.0. The lowest BCUT2D eigenvalue weighted by atomic mass is 10.0. The summed E-state index contributed by atoms with van der Waals surface area (Å²) in [6.45, 7) is 9.88. The van der Waals surface area contributed by atoms with Crippen molar-refractivity contribution in [2.45, 2.75) is 46.6 Å². The van der Waals surface area contributed by atoms with Crippen molar-refractivity contribution in [3.63, 3.8) is 0 Å². The maximum absolute atomic E-state index is 12.5. The standard InChI is InChI=1S/C25H31ClN2O6/c1-5-27(6-2)24(30)8-7-9-33-23-12-22-16(10-18(23)26)19-11-21(29)17(25(31)32)13-28(19)20(14-34-22)15(3)4/h10-13,15,20H,5-9,14H2,1-4H3,(H,31,32)/t20-/m0/s1. The highest BCUT2D eigenvalue weighted by Gasteiger charge is 2.28. The van der Waals surface area contributed by atoms with Crippen molar-refractivity contribution in [2.24, 2.45) is 5.92 Å². The molecule has 34 heavy (non-hydrogen) atoms. The van der Waals surface area contributed by atoms with E-state index in [1.165, 1.54) is 12.3 Å². The highest BCUT2D eigenvalue weighted by molar-refractivity contribution is 6.32. The Morgan fingerprint density at radius 1 is 1.26 bits per heavy atom. The van der Waals surface area contributed by atoms with Gasteiger partial charge in [0.15, 0.2) is 5.43 Å². The molecule has 0 saturated carbocycles. The minimum atomic E-state index is -1.27. The SMILES string of the molecule is CCN(CC)C(=O)CCCOc1cc2c(cc1Cl)-c1cc(=O)c(C(=O)O)cn1[C@H](C(C)C)CO2. The molecule has 1 N–H and O–H groups in total. The summed E-state index contributed by atoms with van der Waals surface area (Å²) < 4.78 is 13.7. The van der Waals surface area contributed by atoms with Gasteiger partial charge in [-0.05, 0) is 32.3 Å². The van der Waals surface area contributed by atoms with Gasteiger partial charge in [-0.15, -0.1) is 0 Å². The fraction of sp³-hybridized carbons (Fsp3) is 0.480. The van der Waals surface area contributed by atoms with Crippen molar-refractivity contribution in [1.82, 2.24) is 9.47 Å². The van der Waals surface area contributed by atoms with Crippen LogP contribution < -0.4 is 14.9 Å². The number of hydrogen-bond acceptors (Lipinski definition) is 5. The Morgan fingerprint density at radius 3 is 2.59 bits per heavy atom. The Morgan fingerprint density at radius 2 is 1.97 bits per heavy atom. The molecular formula is C25H31ClN2O6. The first-order valence-corrected chi connectivity index (χ1v) is 11.9. The lowest BCUT2D eigenvalue weighted by Crippen LogP contribution is -2.30. The Kier molecular flexibility index (Phi) is 8.25. The molecule has 1 amide bonds. The topological polar surface area (TPSA) is 98.1 Å². The van der Waals surface area contributed by atoms with Crippen molar-refractivity contribution in [1.29, 1.82) is 0 Å². The number of rotatable bonds is 9. The average molecular weight is 491 g/mol. The van der Waals surface area contributed by atoms with Crippen LogP contribution in [-0.2, 0) is 4.79 Å². The molecule has 1 atom stereocenters. The number of carboxylic acids is 1. The second-order valence-electron chi connectivity index (χ2n) is 8.57. The van der Waals surface area contributed by atoms with Crippen LogP contribution in [0.3, 0.4) is 0 Å². The number of nitrogens with zero attached hydrogens (tertiary/aromatic N) is 2. The minimum Gasteiger partial charge on any atom is -0.492 e. The van der Waals surface area contributed by atoms with Crippen molar-refractivity contribution in [3.8, 4) is 22.8 Å². The lowest BCUT2D eigenvalue weighted by molar-refractivity contribution is -0.131. The van der Waals surface area contributed by atoms with E-state index in [9.17, 15) is 19.5 Å². The smallest absolute Gasteiger partial charge is 0.341 e. The number of aromatic carboxylic acids is 1. The van der Waals surface area contributed by atoms with E-state index in [0.717, 1.165) is 0 Å². The van der Waals surface area contributed by atoms with Crippen LogP contribution in [0.25, 0.3) is 11.3 Å². The number of hydrogen-bond donors (Lipinski definition) is 1. The van der Waals surface area contributed by atoms with E-state index in [2.05, 4.69) is 0 Å². The monoisotopic (exact) mass is 490 g/mol. The van der Waals surface area contributed by atoms with Crippen LogP contribution in [0.1, 0.15) is 56.9 Å².